The highest BCUT2D eigenvalue weighted by atomic mass is 79.9. The Hall–Kier alpha value is -1.39. The van der Waals surface area contributed by atoms with Crippen molar-refractivity contribution >= 4 is 15.9 Å². The van der Waals surface area contributed by atoms with Gasteiger partial charge in [-0.2, -0.15) is 0 Å². The number of hydrogen-bond acceptors (Lipinski definition) is 3. The topological polar surface area (TPSA) is 34.2 Å². The van der Waals surface area contributed by atoms with Crippen molar-refractivity contribution in [2.45, 2.75) is 13.5 Å². The Bertz CT molecular complexity index is 543. The molecule has 0 radical (unpaired) electrons. The van der Waals surface area contributed by atoms with E-state index in [1.807, 2.05) is 44.3 Å². The fourth-order valence-electron chi connectivity index (χ4n) is 1.66. The molecule has 0 saturated carbocycles. The predicted octanol–water partition coefficient (Wildman–Crippen LogP) is 3.66. The number of pyridine rings is 1. The van der Waals surface area contributed by atoms with Gasteiger partial charge in [-0.25, -0.2) is 4.98 Å². The summed E-state index contributed by atoms with van der Waals surface area (Å²) in [5, 5.41) is 3.10. The van der Waals surface area contributed by atoms with E-state index in [0.717, 1.165) is 27.9 Å². The van der Waals surface area contributed by atoms with E-state index in [9.17, 15) is 0 Å². The maximum atomic E-state index is 5.79. The summed E-state index contributed by atoms with van der Waals surface area (Å²) in [6.07, 6.45) is 1.76. The molecule has 0 aliphatic heterocycles. The smallest absolute Gasteiger partial charge is 0.219 e. The van der Waals surface area contributed by atoms with Crippen LogP contribution in [0.25, 0.3) is 0 Å². The fourth-order valence-corrected chi connectivity index (χ4v) is 2.14. The molecule has 0 spiro atoms. The van der Waals surface area contributed by atoms with Crippen molar-refractivity contribution in [1.29, 1.82) is 0 Å². The second-order valence-corrected chi connectivity index (χ2v) is 4.96. The molecule has 2 rings (SSSR count). The number of halogens is 1. The average Bonchev–Trinajstić information content (AvgIpc) is 2.34. The van der Waals surface area contributed by atoms with Crippen molar-refractivity contribution in [3.05, 3.63) is 52.1 Å². The molecule has 0 aliphatic carbocycles. The number of benzene rings is 1. The molecule has 1 aromatic heterocycles. The van der Waals surface area contributed by atoms with E-state index in [-0.39, 0.29) is 0 Å². The first-order valence-corrected chi connectivity index (χ1v) is 6.52. The Labute approximate surface area is 115 Å². The summed E-state index contributed by atoms with van der Waals surface area (Å²) in [6.45, 7) is 2.82. The normalized spacial score (nSPS) is 10.4. The highest BCUT2D eigenvalue weighted by Crippen LogP contribution is 2.26. The number of ether oxygens (including phenoxy) is 1. The van der Waals surface area contributed by atoms with Crippen LogP contribution in [0.2, 0.25) is 0 Å². The van der Waals surface area contributed by atoms with Gasteiger partial charge in [0.2, 0.25) is 5.88 Å². The van der Waals surface area contributed by atoms with E-state index in [1.54, 1.807) is 6.20 Å². The highest BCUT2D eigenvalue weighted by Gasteiger charge is 2.03. The Kier molecular flexibility index (Phi) is 4.33. The number of nitrogens with one attached hydrogen (secondary N) is 1. The highest BCUT2D eigenvalue weighted by molar-refractivity contribution is 9.10. The molecule has 0 unspecified atom stereocenters. The quantitative estimate of drug-likeness (QED) is 0.936. The van der Waals surface area contributed by atoms with Crippen molar-refractivity contribution in [2.24, 2.45) is 0 Å². The predicted molar refractivity (Wildman–Crippen MR) is 76.0 cm³/mol. The van der Waals surface area contributed by atoms with Gasteiger partial charge in [-0.15, -0.1) is 0 Å². The lowest BCUT2D eigenvalue weighted by Crippen LogP contribution is -2.05. The van der Waals surface area contributed by atoms with E-state index in [1.165, 1.54) is 0 Å². The molecule has 1 N–H and O–H groups in total. The lowest BCUT2D eigenvalue weighted by molar-refractivity contribution is 0.458. The number of nitrogens with zero attached hydrogens (tertiary/aromatic N) is 1. The minimum Gasteiger partial charge on any atom is -0.439 e. The third kappa shape index (κ3) is 3.31. The van der Waals surface area contributed by atoms with Crippen LogP contribution in [-0.2, 0) is 6.54 Å². The molecule has 1 aromatic carbocycles. The lowest BCUT2D eigenvalue weighted by Gasteiger charge is -2.09. The summed E-state index contributed by atoms with van der Waals surface area (Å²) < 4.78 is 6.84. The Morgan fingerprint density at radius 1 is 1.28 bits per heavy atom. The summed E-state index contributed by atoms with van der Waals surface area (Å²) in [6, 6.07) is 9.83. The van der Waals surface area contributed by atoms with Crippen LogP contribution in [0.15, 0.2) is 41.0 Å². The minimum atomic E-state index is 0.619. The van der Waals surface area contributed by atoms with Gasteiger partial charge in [0.05, 0.1) is 0 Å². The molecular formula is C14H15BrN2O. The first-order valence-electron chi connectivity index (χ1n) is 5.72. The van der Waals surface area contributed by atoms with Crippen molar-refractivity contribution in [1.82, 2.24) is 10.3 Å². The van der Waals surface area contributed by atoms with Gasteiger partial charge in [0.25, 0.3) is 0 Å². The number of aromatic nitrogens is 1. The van der Waals surface area contributed by atoms with Gasteiger partial charge in [-0.1, -0.05) is 15.9 Å². The third-order valence-electron chi connectivity index (χ3n) is 2.53. The molecule has 3 nitrogen and oxygen atoms in total. The first-order chi connectivity index (χ1) is 8.69. The van der Waals surface area contributed by atoms with E-state index < -0.39 is 0 Å². The monoisotopic (exact) mass is 306 g/mol. The van der Waals surface area contributed by atoms with E-state index in [2.05, 4.69) is 26.2 Å². The maximum absolute atomic E-state index is 5.79. The van der Waals surface area contributed by atoms with Gasteiger partial charge >= 0.3 is 0 Å². The third-order valence-corrected chi connectivity index (χ3v) is 3.02. The average molecular weight is 307 g/mol. The largest absolute Gasteiger partial charge is 0.439 e. The van der Waals surface area contributed by atoms with Crippen LogP contribution in [-0.4, -0.2) is 12.0 Å². The molecule has 0 amide bonds. The molecule has 4 heteroatoms. The lowest BCUT2D eigenvalue weighted by atomic mass is 10.2. The number of rotatable bonds is 4. The van der Waals surface area contributed by atoms with Crippen molar-refractivity contribution < 1.29 is 4.74 Å². The molecule has 0 fully saturated rings. The van der Waals surface area contributed by atoms with Crippen LogP contribution in [0.3, 0.4) is 0 Å². The van der Waals surface area contributed by atoms with Crippen molar-refractivity contribution in [3.8, 4) is 11.6 Å². The SMILES string of the molecule is CNCc1ccnc(Oc2ccc(Br)cc2C)c1. The van der Waals surface area contributed by atoms with Crippen LogP contribution in [0, 0.1) is 6.92 Å². The van der Waals surface area contributed by atoms with E-state index >= 15 is 0 Å². The van der Waals surface area contributed by atoms with Crippen LogP contribution in [0.1, 0.15) is 11.1 Å². The van der Waals surface area contributed by atoms with E-state index in [0.29, 0.717) is 5.88 Å². The Morgan fingerprint density at radius 3 is 2.83 bits per heavy atom. The van der Waals surface area contributed by atoms with Gasteiger partial charge in [-0.3, -0.25) is 0 Å². The van der Waals surface area contributed by atoms with Crippen LogP contribution in [0.5, 0.6) is 11.6 Å². The summed E-state index contributed by atoms with van der Waals surface area (Å²) in [7, 11) is 1.92. The number of aryl methyl sites for hydroxylation is 1. The molecule has 0 atom stereocenters. The second kappa shape index (κ2) is 5.98. The number of hydrogen-bond donors (Lipinski definition) is 1. The van der Waals surface area contributed by atoms with Gasteiger partial charge in [0.15, 0.2) is 0 Å². The van der Waals surface area contributed by atoms with Crippen molar-refractivity contribution in [3.63, 3.8) is 0 Å². The van der Waals surface area contributed by atoms with Gasteiger partial charge in [0, 0.05) is 23.3 Å². The van der Waals surface area contributed by atoms with E-state index in [4.69, 9.17) is 4.74 Å². The molecule has 0 bridgehead atoms. The fraction of sp³-hybridized carbons (Fsp3) is 0.214. The zero-order valence-electron chi connectivity index (χ0n) is 10.4. The Balaban J connectivity index is 2.20. The van der Waals surface area contributed by atoms with Crippen LogP contribution in [0.4, 0.5) is 0 Å². The molecular weight excluding hydrogens is 292 g/mol. The maximum Gasteiger partial charge on any atom is 0.219 e. The zero-order chi connectivity index (χ0) is 13.0. The first kappa shape index (κ1) is 13.1. The minimum absolute atomic E-state index is 0.619. The van der Waals surface area contributed by atoms with Crippen LogP contribution >= 0.6 is 15.9 Å². The summed E-state index contributed by atoms with van der Waals surface area (Å²) in [5.41, 5.74) is 2.22. The standard InChI is InChI=1S/C14H15BrN2O/c1-10-7-12(15)3-4-13(10)18-14-8-11(9-16-2)5-6-17-14/h3-8,16H,9H2,1-2H3. The van der Waals surface area contributed by atoms with Gasteiger partial charge in [0.1, 0.15) is 5.75 Å². The Morgan fingerprint density at radius 2 is 2.11 bits per heavy atom. The van der Waals surface area contributed by atoms with Gasteiger partial charge < -0.3 is 10.1 Å². The van der Waals surface area contributed by atoms with Crippen LogP contribution < -0.4 is 10.1 Å². The van der Waals surface area contributed by atoms with Gasteiger partial charge in [-0.05, 0) is 49.4 Å². The summed E-state index contributed by atoms with van der Waals surface area (Å²) >= 11 is 3.43. The zero-order valence-corrected chi connectivity index (χ0v) is 12.0. The molecule has 0 saturated heterocycles. The summed E-state index contributed by atoms with van der Waals surface area (Å²) in [4.78, 5) is 4.22. The molecule has 2 aromatic rings. The molecule has 0 aliphatic rings. The molecule has 94 valence electrons. The molecule has 18 heavy (non-hydrogen) atoms. The summed E-state index contributed by atoms with van der Waals surface area (Å²) in [5.74, 6) is 1.44. The van der Waals surface area contributed by atoms with Crippen molar-refractivity contribution in [2.75, 3.05) is 7.05 Å². The molecule has 1 heterocycles. The second-order valence-electron chi connectivity index (χ2n) is 4.04.